The first-order valence-corrected chi connectivity index (χ1v) is 8.67. The van der Waals surface area contributed by atoms with Crippen LogP contribution in [0.4, 0.5) is 10.5 Å². The number of likely N-dealkylation sites (tertiary alicyclic amines) is 1. The Morgan fingerprint density at radius 1 is 1.04 bits per heavy atom. The van der Waals surface area contributed by atoms with Crippen molar-refractivity contribution in [2.45, 2.75) is 44.2 Å². The third kappa shape index (κ3) is 2.37. The van der Waals surface area contributed by atoms with Crippen LogP contribution in [0.5, 0.6) is 0 Å². The molecule has 6 heteroatoms. The summed E-state index contributed by atoms with van der Waals surface area (Å²) in [5.74, 6) is -0.171. The Bertz CT molecular complexity index is 669. The maximum atomic E-state index is 13.0. The van der Waals surface area contributed by atoms with Gasteiger partial charge in [-0.3, -0.25) is 9.59 Å². The molecule has 4 amide bonds. The van der Waals surface area contributed by atoms with E-state index in [1.807, 2.05) is 6.07 Å². The number of para-hydroxylation sites is 1. The zero-order valence-electron chi connectivity index (χ0n) is 13.5. The fourth-order valence-corrected chi connectivity index (χ4v) is 4.18. The fraction of sp³-hybridized carbons (Fsp3) is 0.500. The maximum Gasteiger partial charge on any atom is 0.329 e. The van der Waals surface area contributed by atoms with E-state index in [0.29, 0.717) is 18.7 Å². The molecule has 2 aliphatic heterocycles. The van der Waals surface area contributed by atoms with Crippen molar-refractivity contribution in [1.82, 2.24) is 10.2 Å². The van der Waals surface area contributed by atoms with Crippen LogP contribution in [0.2, 0.25) is 0 Å². The third-order valence-corrected chi connectivity index (χ3v) is 5.39. The van der Waals surface area contributed by atoms with Crippen molar-refractivity contribution in [2.75, 3.05) is 11.4 Å². The van der Waals surface area contributed by atoms with Crippen molar-refractivity contribution in [3.8, 4) is 0 Å². The Kier molecular flexibility index (Phi) is 3.75. The number of benzene rings is 1. The van der Waals surface area contributed by atoms with E-state index >= 15 is 0 Å². The maximum absolute atomic E-state index is 13.0. The van der Waals surface area contributed by atoms with Gasteiger partial charge in [-0.1, -0.05) is 31.0 Å². The summed E-state index contributed by atoms with van der Waals surface area (Å²) in [6, 6.07) is 7.64. The van der Waals surface area contributed by atoms with Crippen LogP contribution in [-0.4, -0.2) is 41.4 Å². The van der Waals surface area contributed by atoms with Crippen LogP contribution in [0.3, 0.4) is 0 Å². The zero-order valence-corrected chi connectivity index (χ0v) is 13.5. The van der Waals surface area contributed by atoms with E-state index in [9.17, 15) is 14.4 Å². The van der Waals surface area contributed by atoms with Gasteiger partial charge in [-0.05, 0) is 31.4 Å². The molecule has 2 atom stereocenters. The normalized spacial score (nSPS) is 27.3. The van der Waals surface area contributed by atoms with Gasteiger partial charge in [0, 0.05) is 12.5 Å². The molecule has 2 heterocycles. The van der Waals surface area contributed by atoms with Gasteiger partial charge in [0.1, 0.15) is 6.04 Å². The fourth-order valence-electron chi connectivity index (χ4n) is 4.18. The number of imide groups is 1. The van der Waals surface area contributed by atoms with Crippen molar-refractivity contribution in [1.29, 1.82) is 0 Å². The van der Waals surface area contributed by atoms with E-state index < -0.39 is 12.1 Å². The van der Waals surface area contributed by atoms with Crippen molar-refractivity contribution < 1.29 is 14.4 Å². The molecule has 4 rings (SSSR count). The summed E-state index contributed by atoms with van der Waals surface area (Å²) < 4.78 is 0. The molecule has 3 fully saturated rings. The minimum Gasteiger partial charge on any atom is -0.332 e. The minimum absolute atomic E-state index is 0.0411. The summed E-state index contributed by atoms with van der Waals surface area (Å²) in [7, 11) is 0. The summed E-state index contributed by atoms with van der Waals surface area (Å²) in [5.41, 5.74) is 0.540. The molecule has 1 saturated carbocycles. The quantitative estimate of drug-likeness (QED) is 0.902. The summed E-state index contributed by atoms with van der Waals surface area (Å²) >= 11 is 0. The molecule has 1 N–H and O–H groups in total. The number of carbonyl (C=O) groups is 3. The molecule has 2 saturated heterocycles. The molecule has 2 unspecified atom stereocenters. The first kappa shape index (κ1) is 15.2. The highest BCUT2D eigenvalue weighted by Crippen LogP contribution is 2.32. The van der Waals surface area contributed by atoms with Crippen LogP contribution in [0.25, 0.3) is 0 Å². The summed E-state index contributed by atoms with van der Waals surface area (Å²) in [6.45, 7) is 0.541. The smallest absolute Gasteiger partial charge is 0.329 e. The number of hydrogen-bond donors (Lipinski definition) is 1. The van der Waals surface area contributed by atoms with Crippen LogP contribution < -0.4 is 10.2 Å². The molecule has 6 nitrogen and oxygen atoms in total. The van der Waals surface area contributed by atoms with E-state index in [1.165, 1.54) is 4.90 Å². The Hall–Kier alpha value is -2.37. The number of nitrogens with one attached hydrogen (secondary N) is 1. The van der Waals surface area contributed by atoms with Crippen LogP contribution in [0.1, 0.15) is 32.1 Å². The van der Waals surface area contributed by atoms with Crippen molar-refractivity contribution in [3.05, 3.63) is 30.3 Å². The molecule has 0 spiro atoms. The minimum atomic E-state index is -0.573. The summed E-state index contributed by atoms with van der Waals surface area (Å²) in [6.07, 6.45) is 4.63. The number of rotatable bonds is 2. The lowest BCUT2D eigenvalue weighted by Gasteiger charge is -2.37. The largest absolute Gasteiger partial charge is 0.332 e. The highest BCUT2D eigenvalue weighted by Gasteiger charge is 2.50. The van der Waals surface area contributed by atoms with Gasteiger partial charge in [-0.15, -0.1) is 0 Å². The lowest BCUT2D eigenvalue weighted by molar-refractivity contribution is -0.141. The number of amides is 4. The molecular weight excluding hydrogens is 306 g/mol. The molecular formula is C18H21N3O3. The van der Waals surface area contributed by atoms with Gasteiger partial charge in [0.2, 0.25) is 5.91 Å². The van der Waals surface area contributed by atoms with E-state index in [0.717, 1.165) is 25.7 Å². The number of carbonyl (C=O) groups excluding carboxylic acids is 3. The molecule has 24 heavy (non-hydrogen) atoms. The van der Waals surface area contributed by atoms with E-state index in [4.69, 9.17) is 0 Å². The van der Waals surface area contributed by atoms with Crippen LogP contribution in [-0.2, 0) is 9.59 Å². The lowest BCUT2D eigenvalue weighted by Crippen LogP contribution is -2.65. The van der Waals surface area contributed by atoms with E-state index in [-0.39, 0.29) is 23.8 Å². The highest BCUT2D eigenvalue weighted by molar-refractivity contribution is 6.19. The molecule has 1 aromatic rings. The van der Waals surface area contributed by atoms with Gasteiger partial charge in [0.05, 0.1) is 11.7 Å². The van der Waals surface area contributed by atoms with Crippen molar-refractivity contribution >= 4 is 23.5 Å². The summed E-state index contributed by atoms with van der Waals surface area (Å²) in [5, 5.41) is 2.91. The second kappa shape index (κ2) is 5.92. The molecule has 0 aromatic heterocycles. The van der Waals surface area contributed by atoms with Gasteiger partial charge in [0.25, 0.3) is 5.91 Å². The topological polar surface area (TPSA) is 69.7 Å². The second-order valence-corrected chi connectivity index (χ2v) is 6.81. The van der Waals surface area contributed by atoms with Gasteiger partial charge < -0.3 is 10.2 Å². The monoisotopic (exact) mass is 327 g/mol. The van der Waals surface area contributed by atoms with Crippen molar-refractivity contribution in [2.24, 2.45) is 5.92 Å². The van der Waals surface area contributed by atoms with Gasteiger partial charge >= 0.3 is 6.03 Å². The number of urea groups is 1. The van der Waals surface area contributed by atoms with Gasteiger partial charge in [0.15, 0.2) is 0 Å². The Morgan fingerprint density at radius 2 is 1.75 bits per heavy atom. The molecule has 0 bridgehead atoms. The van der Waals surface area contributed by atoms with Crippen LogP contribution in [0.15, 0.2) is 30.3 Å². The number of hydrogen-bond acceptors (Lipinski definition) is 3. The zero-order chi connectivity index (χ0) is 16.7. The van der Waals surface area contributed by atoms with E-state index in [1.54, 1.807) is 29.2 Å². The second-order valence-electron chi connectivity index (χ2n) is 6.81. The van der Waals surface area contributed by atoms with E-state index in [2.05, 4.69) is 5.32 Å². The Morgan fingerprint density at radius 3 is 2.46 bits per heavy atom. The molecule has 3 aliphatic rings. The third-order valence-electron chi connectivity index (χ3n) is 5.39. The Balaban J connectivity index is 1.61. The molecule has 1 aromatic carbocycles. The first-order valence-electron chi connectivity index (χ1n) is 8.67. The number of nitrogens with zero attached hydrogens (tertiary/aromatic N) is 2. The highest BCUT2D eigenvalue weighted by atomic mass is 16.2. The van der Waals surface area contributed by atoms with Crippen molar-refractivity contribution in [3.63, 3.8) is 0 Å². The molecule has 0 radical (unpaired) electrons. The summed E-state index contributed by atoms with van der Waals surface area (Å²) in [4.78, 5) is 41.1. The number of fused-ring (bicyclic) bond motifs is 1. The first-order chi connectivity index (χ1) is 11.7. The predicted octanol–water partition coefficient (Wildman–Crippen LogP) is 1.90. The van der Waals surface area contributed by atoms with Gasteiger partial charge in [-0.25, -0.2) is 9.69 Å². The van der Waals surface area contributed by atoms with Crippen LogP contribution in [0, 0.1) is 5.92 Å². The molecule has 126 valence electrons. The lowest BCUT2D eigenvalue weighted by atomic mass is 10.0. The Labute approximate surface area is 140 Å². The van der Waals surface area contributed by atoms with Gasteiger partial charge in [-0.2, -0.15) is 0 Å². The average molecular weight is 327 g/mol. The van der Waals surface area contributed by atoms with Crippen LogP contribution >= 0.6 is 0 Å². The number of anilines is 1. The average Bonchev–Trinajstić information content (AvgIpc) is 3.25. The standard InChI is InChI=1S/C18H21N3O3/c22-16(12-6-4-5-7-12)20-11-10-14-15(20)17(23)21(18(24)19-14)13-8-2-1-3-9-13/h1-3,8-9,12,14-15H,4-7,10-11H2,(H,19,24). The molecule has 1 aliphatic carbocycles. The SMILES string of the molecule is O=C1NC2CCN(C(=O)C3CCCC3)C2C(=O)N1c1ccccc1. The predicted molar refractivity (Wildman–Crippen MR) is 88.3 cm³/mol.